The zero-order valence-electron chi connectivity index (χ0n) is 10.3. The third-order valence-electron chi connectivity index (χ3n) is 2.91. The van der Waals surface area contributed by atoms with E-state index in [1.165, 1.54) is 5.56 Å². The summed E-state index contributed by atoms with van der Waals surface area (Å²) < 4.78 is 0. The molecule has 0 aliphatic rings. The predicted octanol–water partition coefficient (Wildman–Crippen LogP) is 4.64. The van der Waals surface area contributed by atoms with E-state index < -0.39 is 0 Å². The fourth-order valence-corrected chi connectivity index (χ4v) is 2.24. The van der Waals surface area contributed by atoms with E-state index in [1.807, 2.05) is 18.2 Å². The van der Waals surface area contributed by atoms with Gasteiger partial charge in [-0.3, -0.25) is 0 Å². The number of hydrogen-bond acceptors (Lipinski definition) is 1. The number of rotatable bonds is 3. The van der Waals surface area contributed by atoms with Gasteiger partial charge in [0.05, 0.1) is 12.5 Å². The van der Waals surface area contributed by atoms with Gasteiger partial charge in [0, 0.05) is 5.02 Å². The summed E-state index contributed by atoms with van der Waals surface area (Å²) >= 11 is 6.10. The average Bonchev–Trinajstić information content (AvgIpc) is 2.38. The number of nitrogens with zero attached hydrogens (tertiary/aromatic N) is 1. The molecule has 2 aromatic rings. The molecule has 0 unspecified atom stereocenters. The van der Waals surface area contributed by atoms with E-state index in [-0.39, 0.29) is 0 Å². The van der Waals surface area contributed by atoms with Crippen molar-refractivity contribution in [1.82, 2.24) is 0 Å². The summed E-state index contributed by atoms with van der Waals surface area (Å²) in [6, 6.07) is 16.4. The molecule has 0 saturated heterocycles. The van der Waals surface area contributed by atoms with Gasteiger partial charge >= 0.3 is 0 Å². The van der Waals surface area contributed by atoms with Crippen molar-refractivity contribution in [3.8, 4) is 17.2 Å². The lowest BCUT2D eigenvalue weighted by Gasteiger charge is -2.07. The maximum absolute atomic E-state index is 8.76. The number of benzene rings is 2. The minimum Gasteiger partial charge on any atom is -0.198 e. The zero-order valence-corrected chi connectivity index (χ0v) is 11.0. The second-order valence-corrected chi connectivity index (χ2v) is 4.67. The van der Waals surface area contributed by atoms with Gasteiger partial charge in [-0.05, 0) is 40.8 Å². The lowest BCUT2D eigenvalue weighted by Crippen LogP contribution is -1.86. The van der Waals surface area contributed by atoms with Crippen molar-refractivity contribution < 1.29 is 0 Å². The van der Waals surface area contributed by atoms with Crippen LogP contribution in [0.1, 0.15) is 18.1 Å². The van der Waals surface area contributed by atoms with Gasteiger partial charge in [-0.25, -0.2) is 0 Å². The Morgan fingerprint density at radius 2 is 1.83 bits per heavy atom. The van der Waals surface area contributed by atoms with Crippen molar-refractivity contribution >= 4 is 11.6 Å². The molecule has 0 fully saturated rings. The molecule has 1 nitrogen and oxygen atoms in total. The first-order chi connectivity index (χ1) is 8.72. The molecule has 2 aromatic carbocycles. The summed E-state index contributed by atoms with van der Waals surface area (Å²) in [5, 5.41) is 9.44. The average molecular weight is 256 g/mol. The normalized spacial score (nSPS) is 10.1. The van der Waals surface area contributed by atoms with Crippen molar-refractivity contribution in [3.05, 3.63) is 58.6 Å². The quantitative estimate of drug-likeness (QED) is 0.784. The van der Waals surface area contributed by atoms with Crippen LogP contribution in [0.2, 0.25) is 5.02 Å². The summed E-state index contributed by atoms with van der Waals surface area (Å²) in [5.74, 6) is 0. The molecule has 0 aromatic heterocycles. The Balaban J connectivity index is 2.46. The van der Waals surface area contributed by atoms with E-state index in [2.05, 4.69) is 37.3 Å². The summed E-state index contributed by atoms with van der Waals surface area (Å²) in [6.07, 6.45) is 1.40. The predicted molar refractivity (Wildman–Crippen MR) is 75.6 cm³/mol. The molecule has 0 atom stereocenters. The van der Waals surface area contributed by atoms with Gasteiger partial charge in [0.25, 0.3) is 0 Å². The second kappa shape index (κ2) is 5.71. The van der Waals surface area contributed by atoms with E-state index in [1.54, 1.807) is 0 Å². The standard InChI is InChI=1S/C16H14ClN/c1-2-12-4-3-5-14(8-12)15-9-13(6-7-18)10-16(17)11-15/h3-5,8-11H,2,6H2,1H3. The number of hydrogen-bond donors (Lipinski definition) is 0. The van der Waals surface area contributed by atoms with Gasteiger partial charge in [-0.15, -0.1) is 0 Å². The first-order valence-electron chi connectivity index (χ1n) is 5.98. The highest BCUT2D eigenvalue weighted by Gasteiger charge is 2.03. The summed E-state index contributed by atoms with van der Waals surface area (Å²) in [5.41, 5.74) is 4.48. The van der Waals surface area contributed by atoms with Crippen molar-refractivity contribution in [3.63, 3.8) is 0 Å². The van der Waals surface area contributed by atoms with E-state index >= 15 is 0 Å². The van der Waals surface area contributed by atoms with Crippen molar-refractivity contribution in [2.45, 2.75) is 19.8 Å². The molecular formula is C16H14ClN. The van der Waals surface area contributed by atoms with E-state index in [0.29, 0.717) is 11.4 Å². The Morgan fingerprint density at radius 3 is 2.56 bits per heavy atom. The van der Waals surface area contributed by atoms with Gasteiger partial charge < -0.3 is 0 Å². The van der Waals surface area contributed by atoms with Crippen LogP contribution in [0, 0.1) is 11.3 Å². The van der Waals surface area contributed by atoms with Crippen molar-refractivity contribution in [1.29, 1.82) is 5.26 Å². The highest BCUT2D eigenvalue weighted by molar-refractivity contribution is 6.31. The Hall–Kier alpha value is -1.78. The molecule has 0 radical (unpaired) electrons. The molecular weight excluding hydrogens is 242 g/mol. The van der Waals surface area contributed by atoms with Crippen molar-refractivity contribution in [2.24, 2.45) is 0 Å². The van der Waals surface area contributed by atoms with Gasteiger partial charge in [0.15, 0.2) is 0 Å². The number of halogens is 1. The lowest BCUT2D eigenvalue weighted by molar-refractivity contribution is 1.14. The van der Waals surface area contributed by atoms with E-state index in [0.717, 1.165) is 23.1 Å². The van der Waals surface area contributed by atoms with Crippen LogP contribution in [0.25, 0.3) is 11.1 Å². The van der Waals surface area contributed by atoms with Gasteiger partial charge in [-0.1, -0.05) is 48.9 Å². The molecule has 0 amide bonds. The second-order valence-electron chi connectivity index (χ2n) is 4.24. The molecule has 0 saturated carbocycles. The molecule has 0 aliphatic heterocycles. The lowest BCUT2D eigenvalue weighted by atomic mass is 9.99. The number of nitriles is 1. The minimum absolute atomic E-state index is 0.390. The summed E-state index contributed by atoms with van der Waals surface area (Å²) in [4.78, 5) is 0. The van der Waals surface area contributed by atoms with Crippen LogP contribution in [0.3, 0.4) is 0 Å². The van der Waals surface area contributed by atoms with Crippen LogP contribution in [0.4, 0.5) is 0 Å². The topological polar surface area (TPSA) is 23.8 Å². The first kappa shape index (κ1) is 12.7. The van der Waals surface area contributed by atoms with Crippen LogP contribution in [0.15, 0.2) is 42.5 Å². The van der Waals surface area contributed by atoms with Crippen molar-refractivity contribution in [2.75, 3.05) is 0 Å². The molecule has 0 heterocycles. The third-order valence-corrected chi connectivity index (χ3v) is 3.13. The highest BCUT2D eigenvalue weighted by atomic mass is 35.5. The molecule has 2 heteroatoms. The van der Waals surface area contributed by atoms with Gasteiger partial charge in [0.1, 0.15) is 0 Å². The Bertz CT molecular complexity index is 596. The fourth-order valence-electron chi connectivity index (χ4n) is 1.98. The first-order valence-corrected chi connectivity index (χ1v) is 6.36. The van der Waals surface area contributed by atoms with E-state index in [9.17, 15) is 0 Å². The Kier molecular flexibility index (Phi) is 4.02. The van der Waals surface area contributed by atoms with Gasteiger partial charge in [-0.2, -0.15) is 5.26 Å². The molecule has 0 spiro atoms. The summed E-state index contributed by atoms with van der Waals surface area (Å²) in [6.45, 7) is 2.14. The van der Waals surface area contributed by atoms with Crippen LogP contribution < -0.4 is 0 Å². The zero-order chi connectivity index (χ0) is 13.0. The fraction of sp³-hybridized carbons (Fsp3) is 0.188. The van der Waals surface area contributed by atoms with Crippen LogP contribution in [-0.2, 0) is 12.8 Å². The maximum atomic E-state index is 8.76. The highest BCUT2D eigenvalue weighted by Crippen LogP contribution is 2.26. The number of aryl methyl sites for hydroxylation is 1. The van der Waals surface area contributed by atoms with Crippen LogP contribution in [-0.4, -0.2) is 0 Å². The summed E-state index contributed by atoms with van der Waals surface area (Å²) in [7, 11) is 0. The van der Waals surface area contributed by atoms with Gasteiger partial charge in [0.2, 0.25) is 0 Å². The minimum atomic E-state index is 0.390. The molecule has 2 rings (SSSR count). The SMILES string of the molecule is CCc1cccc(-c2cc(Cl)cc(CC#N)c2)c1. The maximum Gasteiger partial charge on any atom is 0.0669 e. The Labute approximate surface area is 113 Å². The Morgan fingerprint density at radius 1 is 1.06 bits per heavy atom. The van der Waals surface area contributed by atoms with E-state index in [4.69, 9.17) is 16.9 Å². The molecule has 18 heavy (non-hydrogen) atoms. The van der Waals surface area contributed by atoms with Crippen LogP contribution >= 0.6 is 11.6 Å². The monoisotopic (exact) mass is 255 g/mol. The molecule has 0 N–H and O–H groups in total. The molecule has 0 aliphatic carbocycles. The molecule has 90 valence electrons. The third kappa shape index (κ3) is 2.91. The molecule has 0 bridgehead atoms. The largest absolute Gasteiger partial charge is 0.198 e. The van der Waals surface area contributed by atoms with Crippen LogP contribution in [0.5, 0.6) is 0 Å². The smallest absolute Gasteiger partial charge is 0.0669 e.